The van der Waals surface area contributed by atoms with Crippen molar-refractivity contribution in [3.05, 3.63) is 15.6 Å². The summed E-state index contributed by atoms with van der Waals surface area (Å²) in [6.07, 6.45) is 3.99. The van der Waals surface area contributed by atoms with Crippen LogP contribution in [0, 0.1) is 19.8 Å². The third-order valence-corrected chi connectivity index (χ3v) is 4.92. The number of nitrogens with zero attached hydrogens (tertiary/aromatic N) is 2. The van der Waals surface area contributed by atoms with E-state index in [0.29, 0.717) is 5.92 Å². The first-order valence-corrected chi connectivity index (χ1v) is 9.48. The number of hydrogen-bond acceptors (Lipinski definition) is 4. The van der Waals surface area contributed by atoms with Crippen molar-refractivity contribution in [2.75, 3.05) is 26.2 Å². The molecule has 0 aromatic carbocycles. The normalized spacial score (nSPS) is 12.6. The van der Waals surface area contributed by atoms with Crippen LogP contribution in [0.15, 0.2) is 4.99 Å². The Morgan fingerprint density at radius 1 is 1.25 bits per heavy atom. The molecule has 1 unspecified atom stereocenters. The lowest BCUT2D eigenvalue weighted by atomic mass is 10.0. The van der Waals surface area contributed by atoms with Gasteiger partial charge in [0.05, 0.1) is 10.7 Å². The van der Waals surface area contributed by atoms with Crippen LogP contribution in [0.2, 0.25) is 0 Å². The monoisotopic (exact) mass is 468 g/mol. The molecule has 7 heteroatoms. The Labute approximate surface area is 167 Å². The van der Waals surface area contributed by atoms with E-state index in [0.717, 1.165) is 57.0 Å². The number of aryl methyl sites for hydroxylation is 2. The van der Waals surface area contributed by atoms with Gasteiger partial charge in [0.1, 0.15) is 0 Å². The van der Waals surface area contributed by atoms with Crippen molar-refractivity contribution in [1.29, 1.82) is 0 Å². The van der Waals surface area contributed by atoms with Crippen molar-refractivity contribution >= 4 is 41.3 Å². The molecule has 24 heavy (non-hydrogen) atoms. The van der Waals surface area contributed by atoms with Gasteiger partial charge in [0.15, 0.2) is 5.96 Å². The van der Waals surface area contributed by atoms with E-state index < -0.39 is 0 Å². The van der Waals surface area contributed by atoms with Crippen molar-refractivity contribution in [2.45, 2.75) is 53.4 Å². The van der Waals surface area contributed by atoms with Crippen LogP contribution in [-0.4, -0.2) is 42.3 Å². The third-order valence-electron chi connectivity index (χ3n) is 3.79. The zero-order valence-corrected chi connectivity index (χ0v) is 18.5. The summed E-state index contributed by atoms with van der Waals surface area (Å²) in [4.78, 5) is 10.5. The molecule has 0 spiro atoms. The predicted octanol–water partition coefficient (Wildman–Crippen LogP) is 3.27. The maximum Gasteiger partial charge on any atom is 0.191 e. The van der Waals surface area contributed by atoms with Crippen molar-refractivity contribution in [2.24, 2.45) is 10.9 Å². The van der Waals surface area contributed by atoms with Crippen molar-refractivity contribution in [3.8, 4) is 0 Å². The molecule has 0 amide bonds. The summed E-state index contributed by atoms with van der Waals surface area (Å²) < 4.78 is 0. The van der Waals surface area contributed by atoms with Gasteiger partial charge in [-0.2, -0.15) is 0 Å². The molecule has 0 aliphatic rings. The summed E-state index contributed by atoms with van der Waals surface area (Å²) in [6, 6.07) is 0. The number of aliphatic hydroxyl groups is 1. The van der Waals surface area contributed by atoms with Crippen LogP contribution in [0.25, 0.3) is 0 Å². The van der Waals surface area contributed by atoms with Gasteiger partial charge in [-0.25, -0.2) is 4.98 Å². The minimum absolute atomic E-state index is 0. The molecule has 1 aromatic heterocycles. The highest BCUT2D eigenvalue weighted by molar-refractivity contribution is 14.0. The predicted molar refractivity (Wildman–Crippen MR) is 115 cm³/mol. The SMILES string of the molecule is CCCC(CCO)CN=C(NCC)NCCc1nc(C)c(C)s1.I. The van der Waals surface area contributed by atoms with Gasteiger partial charge in [0.25, 0.3) is 0 Å². The van der Waals surface area contributed by atoms with Gasteiger partial charge in [-0.05, 0) is 39.5 Å². The second kappa shape index (κ2) is 13.8. The molecule has 1 atom stereocenters. The minimum atomic E-state index is 0. The topological polar surface area (TPSA) is 69.5 Å². The Kier molecular flexibility index (Phi) is 13.6. The van der Waals surface area contributed by atoms with Crippen LogP contribution >= 0.6 is 35.3 Å². The molecule has 0 bridgehead atoms. The number of rotatable bonds is 10. The molecule has 0 saturated carbocycles. The summed E-state index contributed by atoms with van der Waals surface area (Å²) in [6.45, 7) is 11.1. The fraction of sp³-hybridized carbons (Fsp3) is 0.765. The van der Waals surface area contributed by atoms with Gasteiger partial charge in [0, 0.05) is 37.5 Å². The van der Waals surface area contributed by atoms with Crippen LogP contribution in [0.1, 0.15) is 48.7 Å². The maximum atomic E-state index is 9.14. The molecule has 0 aliphatic heterocycles. The highest BCUT2D eigenvalue weighted by atomic mass is 127. The molecule has 1 heterocycles. The first-order valence-electron chi connectivity index (χ1n) is 8.66. The number of guanidine groups is 1. The number of halogens is 1. The summed E-state index contributed by atoms with van der Waals surface area (Å²) in [5.41, 5.74) is 1.14. The average molecular weight is 468 g/mol. The van der Waals surface area contributed by atoms with Crippen molar-refractivity contribution < 1.29 is 5.11 Å². The van der Waals surface area contributed by atoms with Gasteiger partial charge in [0.2, 0.25) is 0 Å². The van der Waals surface area contributed by atoms with Crippen molar-refractivity contribution in [3.63, 3.8) is 0 Å². The molecule has 0 fully saturated rings. The Morgan fingerprint density at radius 2 is 2.00 bits per heavy atom. The molecule has 1 rings (SSSR count). The standard InChI is InChI=1S/C17H32N4OS.HI/c1-5-7-15(9-11-22)12-20-17(18-6-2)19-10-8-16-21-13(3)14(4)23-16;/h15,22H,5-12H2,1-4H3,(H2,18,19,20);1H. The van der Waals surface area contributed by atoms with Crippen molar-refractivity contribution in [1.82, 2.24) is 15.6 Å². The molecule has 140 valence electrons. The highest BCUT2D eigenvalue weighted by Gasteiger charge is 2.08. The lowest BCUT2D eigenvalue weighted by Crippen LogP contribution is -2.38. The van der Waals surface area contributed by atoms with Crippen LogP contribution in [0.4, 0.5) is 0 Å². The van der Waals surface area contributed by atoms with E-state index in [4.69, 9.17) is 5.11 Å². The molecular formula is C17H33IN4OS. The Hall–Kier alpha value is -0.410. The van der Waals surface area contributed by atoms with E-state index in [1.165, 1.54) is 9.88 Å². The number of aliphatic imine (C=N–C) groups is 1. The van der Waals surface area contributed by atoms with E-state index >= 15 is 0 Å². The van der Waals surface area contributed by atoms with Gasteiger partial charge in [-0.3, -0.25) is 4.99 Å². The van der Waals surface area contributed by atoms with E-state index in [1.807, 2.05) is 0 Å². The molecule has 0 radical (unpaired) electrons. The molecule has 1 aromatic rings. The number of aliphatic hydroxyl groups excluding tert-OH is 1. The first kappa shape index (κ1) is 23.6. The van der Waals surface area contributed by atoms with E-state index in [2.05, 4.69) is 48.3 Å². The maximum absolute atomic E-state index is 9.14. The Bertz CT molecular complexity index is 454. The summed E-state index contributed by atoms with van der Waals surface area (Å²) in [5, 5.41) is 17.0. The van der Waals surface area contributed by atoms with Gasteiger partial charge in [-0.15, -0.1) is 35.3 Å². The lowest BCUT2D eigenvalue weighted by molar-refractivity contribution is 0.253. The second-order valence-corrected chi connectivity index (χ2v) is 7.10. The Balaban J connectivity index is 0.00000529. The summed E-state index contributed by atoms with van der Waals surface area (Å²) in [5.74, 6) is 1.32. The molecule has 3 N–H and O–H groups in total. The smallest absolute Gasteiger partial charge is 0.191 e. The number of nitrogens with one attached hydrogen (secondary N) is 2. The van der Waals surface area contributed by atoms with Gasteiger partial charge in [-0.1, -0.05) is 13.3 Å². The quantitative estimate of drug-likeness (QED) is 0.280. The van der Waals surface area contributed by atoms with Crippen LogP contribution in [0.3, 0.4) is 0 Å². The fourth-order valence-corrected chi connectivity index (χ4v) is 3.35. The number of thiazole rings is 1. The highest BCUT2D eigenvalue weighted by Crippen LogP contribution is 2.16. The molecule has 0 aliphatic carbocycles. The van der Waals surface area contributed by atoms with E-state index in [-0.39, 0.29) is 30.6 Å². The summed E-state index contributed by atoms with van der Waals surface area (Å²) >= 11 is 1.77. The minimum Gasteiger partial charge on any atom is -0.396 e. The van der Waals surface area contributed by atoms with Crippen LogP contribution in [-0.2, 0) is 6.42 Å². The van der Waals surface area contributed by atoms with Crippen LogP contribution in [0.5, 0.6) is 0 Å². The van der Waals surface area contributed by atoms with E-state index in [1.54, 1.807) is 11.3 Å². The second-order valence-electron chi connectivity index (χ2n) is 5.81. The molecule has 0 saturated heterocycles. The molecular weight excluding hydrogens is 435 g/mol. The third kappa shape index (κ3) is 9.17. The Morgan fingerprint density at radius 3 is 2.54 bits per heavy atom. The zero-order chi connectivity index (χ0) is 17.1. The first-order chi connectivity index (χ1) is 11.1. The largest absolute Gasteiger partial charge is 0.396 e. The lowest BCUT2D eigenvalue weighted by Gasteiger charge is -2.15. The van der Waals surface area contributed by atoms with E-state index in [9.17, 15) is 0 Å². The number of hydrogen-bond donors (Lipinski definition) is 3. The van der Waals surface area contributed by atoms with Gasteiger partial charge < -0.3 is 15.7 Å². The van der Waals surface area contributed by atoms with Gasteiger partial charge >= 0.3 is 0 Å². The molecule has 5 nitrogen and oxygen atoms in total. The zero-order valence-electron chi connectivity index (χ0n) is 15.4. The average Bonchev–Trinajstić information content (AvgIpc) is 2.83. The fourth-order valence-electron chi connectivity index (χ4n) is 2.41. The summed E-state index contributed by atoms with van der Waals surface area (Å²) in [7, 11) is 0. The number of aromatic nitrogens is 1. The van der Waals surface area contributed by atoms with Crippen LogP contribution < -0.4 is 10.6 Å².